The van der Waals surface area contributed by atoms with E-state index in [4.69, 9.17) is 21.2 Å². The van der Waals surface area contributed by atoms with Crippen molar-refractivity contribution in [1.82, 2.24) is 0 Å². The normalized spacial score (nSPS) is 12.0. The topological polar surface area (TPSA) is 90.3 Å². The lowest BCUT2D eigenvalue weighted by Crippen LogP contribution is -2.08. The standard InChI is InChI=1S/C9H10N2O2/c10-2-1-9(11)6-3-7(12)5-8(13)4-6/h3-5,9,12-13H,1,11H2/t9-/m0/s1. The molecule has 0 aliphatic rings. The third-order valence-corrected chi connectivity index (χ3v) is 1.66. The van der Waals surface area contributed by atoms with Crippen LogP contribution in [0.1, 0.15) is 18.0 Å². The number of aromatic hydroxyl groups is 2. The van der Waals surface area contributed by atoms with E-state index in [9.17, 15) is 0 Å². The van der Waals surface area contributed by atoms with Gasteiger partial charge < -0.3 is 15.9 Å². The van der Waals surface area contributed by atoms with E-state index in [1.165, 1.54) is 18.2 Å². The predicted molar refractivity (Wildman–Crippen MR) is 46.9 cm³/mol. The Morgan fingerprint density at radius 3 is 2.31 bits per heavy atom. The van der Waals surface area contributed by atoms with Gasteiger partial charge in [-0.25, -0.2) is 0 Å². The number of hydrogen-bond acceptors (Lipinski definition) is 4. The Morgan fingerprint density at radius 1 is 1.31 bits per heavy atom. The second kappa shape index (κ2) is 3.78. The summed E-state index contributed by atoms with van der Waals surface area (Å²) in [7, 11) is 0. The van der Waals surface area contributed by atoms with E-state index in [1.54, 1.807) is 0 Å². The van der Waals surface area contributed by atoms with Gasteiger partial charge in [0.2, 0.25) is 0 Å². The number of phenolic OH excluding ortho intramolecular Hbond substituents is 2. The maximum absolute atomic E-state index is 9.11. The SMILES string of the molecule is N#CC[C@H](N)c1cc(O)cc(O)c1. The van der Waals surface area contributed by atoms with E-state index >= 15 is 0 Å². The van der Waals surface area contributed by atoms with E-state index in [1.807, 2.05) is 6.07 Å². The van der Waals surface area contributed by atoms with Crippen LogP contribution in [0.15, 0.2) is 18.2 Å². The Balaban J connectivity index is 2.95. The molecule has 0 bridgehead atoms. The van der Waals surface area contributed by atoms with Crippen LogP contribution in [-0.4, -0.2) is 10.2 Å². The van der Waals surface area contributed by atoms with Crippen molar-refractivity contribution < 1.29 is 10.2 Å². The fraction of sp³-hybridized carbons (Fsp3) is 0.222. The van der Waals surface area contributed by atoms with Gasteiger partial charge >= 0.3 is 0 Å². The fourth-order valence-corrected chi connectivity index (χ4v) is 1.05. The molecule has 0 spiro atoms. The second-order valence-corrected chi connectivity index (χ2v) is 2.75. The summed E-state index contributed by atoms with van der Waals surface area (Å²) in [4.78, 5) is 0. The quantitative estimate of drug-likeness (QED) is 0.630. The molecule has 4 heteroatoms. The lowest BCUT2D eigenvalue weighted by Gasteiger charge is -2.08. The molecule has 1 rings (SSSR count). The zero-order valence-electron chi connectivity index (χ0n) is 6.94. The van der Waals surface area contributed by atoms with E-state index in [-0.39, 0.29) is 17.9 Å². The Morgan fingerprint density at radius 2 is 1.85 bits per heavy atom. The summed E-state index contributed by atoms with van der Waals surface area (Å²) in [5, 5.41) is 26.6. The lowest BCUT2D eigenvalue weighted by molar-refractivity contribution is 0.448. The third-order valence-electron chi connectivity index (χ3n) is 1.66. The summed E-state index contributed by atoms with van der Waals surface area (Å²) in [5.74, 6) is -0.105. The minimum atomic E-state index is -0.469. The minimum Gasteiger partial charge on any atom is -0.508 e. The molecule has 4 N–H and O–H groups in total. The number of benzene rings is 1. The first-order valence-electron chi connectivity index (χ1n) is 3.79. The number of hydrogen-bond donors (Lipinski definition) is 3. The first-order valence-corrected chi connectivity index (χ1v) is 3.79. The highest BCUT2D eigenvalue weighted by atomic mass is 16.3. The first-order chi connectivity index (χ1) is 6.13. The van der Waals surface area contributed by atoms with Gasteiger partial charge in [-0.1, -0.05) is 0 Å². The molecule has 4 nitrogen and oxygen atoms in total. The van der Waals surface area contributed by atoms with Gasteiger partial charge in [0, 0.05) is 12.1 Å². The molecule has 0 fully saturated rings. The summed E-state index contributed by atoms with van der Waals surface area (Å²) in [5.41, 5.74) is 6.15. The number of nitriles is 1. The van der Waals surface area contributed by atoms with Crippen LogP contribution in [0, 0.1) is 11.3 Å². The van der Waals surface area contributed by atoms with Crippen molar-refractivity contribution in [1.29, 1.82) is 5.26 Å². The van der Waals surface area contributed by atoms with Gasteiger partial charge in [-0.15, -0.1) is 0 Å². The Kier molecular flexibility index (Phi) is 2.72. The molecule has 0 saturated carbocycles. The molecule has 0 radical (unpaired) electrons. The molecule has 0 aliphatic heterocycles. The lowest BCUT2D eigenvalue weighted by atomic mass is 10.0. The monoisotopic (exact) mass is 178 g/mol. The van der Waals surface area contributed by atoms with Crippen LogP contribution in [0.2, 0.25) is 0 Å². The van der Waals surface area contributed by atoms with Gasteiger partial charge in [0.1, 0.15) is 11.5 Å². The van der Waals surface area contributed by atoms with Crippen molar-refractivity contribution >= 4 is 0 Å². The van der Waals surface area contributed by atoms with E-state index in [2.05, 4.69) is 0 Å². The third kappa shape index (κ3) is 2.36. The van der Waals surface area contributed by atoms with Crippen LogP contribution in [-0.2, 0) is 0 Å². The van der Waals surface area contributed by atoms with Gasteiger partial charge in [-0.05, 0) is 17.7 Å². The van der Waals surface area contributed by atoms with Crippen molar-refractivity contribution in [2.45, 2.75) is 12.5 Å². The maximum Gasteiger partial charge on any atom is 0.119 e. The zero-order chi connectivity index (χ0) is 9.84. The van der Waals surface area contributed by atoms with E-state index in [0.717, 1.165) is 0 Å². The number of phenols is 2. The molecule has 0 saturated heterocycles. The molecule has 0 heterocycles. The Labute approximate surface area is 75.8 Å². The summed E-state index contributed by atoms with van der Waals surface area (Å²) in [6.45, 7) is 0. The largest absolute Gasteiger partial charge is 0.508 e. The molecule has 1 atom stereocenters. The summed E-state index contributed by atoms with van der Waals surface area (Å²) < 4.78 is 0. The molecule has 1 aromatic rings. The van der Waals surface area contributed by atoms with Gasteiger partial charge in [0.15, 0.2) is 0 Å². The van der Waals surface area contributed by atoms with Gasteiger partial charge in [0.05, 0.1) is 12.5 Å². The van der Waals surface area contributed by atoms with Crippen LogP contribution in [0.3, 0.4) is 0 Å². The van der Waals surface area contributed by atoms with Crippen molar-refractivity contribution in [2.75, 3.05) is 0 Å². The predicted octanol–water partition coefficient (Wildman–Crippen LogP) is 1.01. The molecule has 0 aromatic heterocycles. The molecule has 0 aliphatic carbocycles. The van der Waals surface area contributed by atoms with Crippen LogP contribution in [0.25, 0.3) is 0 Å². The molecular formula is C9H10N2O2. The first kappa shape index (κ1) is 9.36. The molecule has 1 aromatic carbocycles. The van der Waals surface area contributed by atoms with Gasteiger partial charge in [-0.2, -0.15) is 5.26 Å². The summed E-state index contributed by atoms with van der Waals surface area (Å²) in [6.07, 6.45) is 0.156. The molecule has 0 amide bonds. The van der Waals surface area contributed by atoms with E-state index in [0.29, 0.717) is 5.56 Å². The average Bonchev–Trinajstić information content (AvgIpc) is 2.03. The van der Waals surface area contributed by atoms with Crippen molar-refractivity contribution in [3.8, 4) is 17.6 Å². The maximum atomic E-state index is 9.11. The number of nitrogens with two attached hydrogens (primary N) is 1. The molecule has 0 unspecified atom stereocenters. The van der Waals surface area contributed by atoms with Crippen LogP contribution < -0.4 is 5.73 Å². The Hall–Kier alpha value is -1.73. The number of nitrogens with zero attached hydrogens (tertiary/aromatic N) is 1. The van der Waals surface area contributed by atoms with Crippen LogP contribution in [0.4, 0.5) is 0 Å². The van der Waals surface area contributed by atoms with Crippen LogP contribution in [0.5, 0.6) is 11.5 Å². The van der Waals surface area contributed by atoms with Gasteiger partial charge in [0.25, 0.3) is 0 Å². The average molecular weight is 178 g/mol. The Bertz CT molecular complexity index is 324. The zero-order valence-corrected chi connectivity index (χ0v) is 6.94. The highest BCUT2D eigenvalue weighted by molar-refractivity contribution is 5.38. The number of rotatable bonds is 2. The molecular weight excluding hydrogens is 168 g/mol. The summed E-state index contributed by atoms with van der Waals surface area (Å²) in [6, 6.07) is 5.52. The van der Waals surface area contributed by atoms with Crippen molar-refractivity contribution in [3.63, 3.8) is 0 Å². The molecule has 68 valence electrons. The highest BCUT2D eigenvalue weighted by Gasteiger charge is 2.07. The minimum absolute atomic E-state index is 0.0524. The fourth-order valence-electron chi connectivity index (χ4n) is 1.05. The smallest absolute Gasteiger partial charge is 0.119 e. The van der Waals surface area contributed by atoms with Crippen molar-refractivity contribution in [2.24, 2.45) is 5.73 Å². The second-order valence-electron chi connectivity index (χ2n) is 2.75. The van der Waals surface area contributed by atoms with Crippen molar-refractivity contribution in [3.05, 3.63) is 23.8 Å². The highest BCUT2D eigenvalue weighted by Crippen LogP contribution is 2.24. The van der Waals surface area contributed by atoms with Crippen LogP contribution >= 0.6 is 0 Å². The molecule has 13 heavy (non-hydrogen) atoms. The summed E-state index contributed by atoms with van der Waals surface area (Å²) >= 11 is 0. The van der Waals surface area contributed by atoms with E-state index < -0.39 is 6.04 Å². The van der Waals surface area contributed by atoms with Gasteiger partial charge in [-0.3, -0.25) is 0 Å².